The van der Waals surface area contributed by atoms with Gasteiger partial charge in [-0.15, -0.1) is 0 Å². The highest BCUT2D eigenvalue weighted by atomic mass is 16.3. The Kier molecular flexibility index (Phi) is 4.62. The second-order valence-electron chi connectivity index (χ2n) is 5.39. The van der Waals surface area contributed by atoms with Gasteiger partial charge in [-0.2, -0.15) is 0 Å². The van der Waals surface area contributed by atoms with Gasteiger partial charge in [-0.05, 0) is 18.6 Å². The van der Waals surface area contributed by atoms with Gasteiger partial charge in [-0.25, -0.2) is 15.0 Å². The van der Waals surface area contributed by atoms with Gasteiger partial charge in [-0.3, -0.25) is 0 Å². The zero-order valence-electron chi connectivity index (χ0n) is 13.1. The van der Waals surface area contributed by atoms with E-state index in [4.69, 9.17) is 0 Å². The summed E-state index contributed by atoms with van der Waals surface area (Å²) in [6.45, 7) is 2.14. The lowest BCUT2D eigenvalue weighted by atomic mass is 10.1. The molecule has 1 N–H and O–H groups in total. The number of aromatic nitrogens is 3. The molecule has 1 heterocycles. The molecule has 4 nitrogen and oxygen atoms in total. The average molecular weight is 305 g/mol. The standard InChI is InChI=1S/C19H19N3O/c1-2-3-13-17-20-18(14-9-5-4-6-10-14)22-19(21-17)15-11-7-8-12-16(15)23/h4-12,23H,2-3,13H2,1H3. The lowest BCUT2D eigenvalue weighted by molar-refractivity contribution is 0.477. The number of hydrogen-bond donors (Lipinski definition) is 1. The van der Waals surface area contributed by atoms with Crippen molar-refractivity contribution in [2.24, 2.45) is 0 Å². The number of nitrogens with zero attached hydrogens (tertiary/aromatic N) is 3. The Bertz CT molecular complexity index is 788. The Morgan fingerprint density at radius 3 is 2.26 bits per heavy atom. The number of aromatic hydroxyl groups is 1. The van der Waals surface area contributed by atoms with Crippen LogP contribution in [0, 0.1) is 0 Å². The second-order valence-corrected chi connectivity index (χ2v) is 5.39. The Hall–Kier alpha value is -2.75. The van der Waals surface area contributed by atoms with Crippen LogP contribution in [0.5, 0.6) is 5.75 Å². The summed E-state index contributed by atoms with van der Waals surface area (Å²) < 4.78 is 0. The molecule has 0 aliphatic heterocycles. The van der Waals surface area contributed by atoms with Crippen LogP contribution < -0.4 is 0 Å². The van der Waals surface area contributed by atoms with Crippen LogP contribution in [0.2, 0.25) is 0 Å². The minimum absolute atomic E-state index is 0.180. The van der Waals surface area contributed by atoms with Crippen LogP contribution in [0.3, 0.4) is 0 Å². The topological polar surface area (TPSA) is 58.9 Å². The molecule has 0 saturated heterocycles. The Labute approximate surface area is 135 Å². The van der Waals surface area contributed by atoms with Gasteiger partial charge in [0.05, 0.1) is 5.56 Å². The molecule has 0 bridgehead atoms. The molecule has 1 aromatic heterocycles. The molecular weight excluding hydrogens is 286 g/mol. The molecular formula is C19H19N3O. The molecule has 4 heteroatoms. The number of hydrogen-bond acceptors (Lipinski definition) is 4. The first-order valence-electron chi connectivity index (χ1n) is 7.86. The fraction of sp³-hybridized carbons (Fsp3) is 0.211. The first-order valence-corrected chi connectivity index (χ1v) is 7.86. The van der Waals surface area contributed by atoms with Crippen LogP contribution in [0.1, 0.15) is 25.6 Å². The first-order chi connectivity index (χ1) is 11.3. The van der Waals surface area contributed by atoms with Crippen molar-refractivity contribution in [1.82, 2.24) is 15.0 Å². The van der Waals surface area contributed by atoms with Crippen molar-refractivity contribution in [3.63, 3.8) is 0 Å². The van der Waals surface area contributed by atoms with E-state index >= 15 is 0 Å². The van der Waals surface area contributed by atoms with E-state index in [1.54, 1.807) is 12.1 Å². The summed E-state index contributed by atoms with van der Waals surface area (Å²) in [5.41, 5.74) is 1.58. The van der Waals surface area contributed by atoms with Gasteiger partial charge in [0, 0.05) is 12.0 Å². The van der Waals surface area contributed by atoms with E-state index in [2.05, 4.69) is 21.9 Å². The number of benzene rings is 2. The maximum absolute atomic E-state index is 10.1. The van der Waals surface area contributed by atoms with E-state index in [0.717, 1.165) is 30.7 Å². The number of phenols is 1. The highest BCUT2D eigenvalue weighted by molar-refractivity contribution is 5.65. The molecule has 116 valence electrons. The lowest BCUT2D eigenvalue weighted by Crippen LogP contribution is -2.03. The second kappa shape index (κ2) is 7.01. The zero-order chi connectivity index (χ0) is 16.1. The maximum atomic E-state index is 10.1. The summed E-state index contributed by atoms with van der Waals surface area (Å²) in [4.78, 5) is 13.7. The molecule has 0 aliphatic rings. The normalized spacial score (nSPS) is 10.7. The molecule has 2 aromatic carbocycles. The van der Waals surface area contributed by atoms with Gasteiger partial charge in [0.25, 0.3) is 0 Å². The van der Waals surface area contributed by atoms with Gasteiger partial charge >= 0.3 is 0 Å². The van der Waals surface area contributed by atoms with Crippen LogP contribution in [0.4, 0.5) is 0 Å². The van der Waals surface area contributed by atoms with Crippen LogP contribution >= 0.6 is 0 Å². The third-order valence-corrected chi connectivity index (χ3v) is 3.61. The monoisotopic (exact) mass is 305 g/mol. The molecule has 0 fully saturated rings. The molecule has 0 radical (unpaired) electrons. The largest absolute Gasteiger partial charge is 0.507 e. The van der Waals surface area contributed by atoms with Crippen LogP contribution in [-0.2, 0) is 6.42 Å². The van der Waals surface area contributed by atoms with Crippen molar-refractivity contribution < 1.29 is 5.11 Å². The quantitative estimate of drug-likeness (QED) is 0.765. The van der Waals surface area contributed by atoms with Crippen molar-refractivity contribution in [2.75, 3.05) is 0 Å². The minimum Gasteiger partial charge on any atom is -0.507 e. The van der Waals surface area contributed by atoms with Gasteiger partial charge in [0.15, 0.2) is 11.6 Å². The van der Waals surface area contributed by atoms with E-state index in [0.29, 0.717) is 17.2 Å². The van der Waals surface area contributed by atoms with Crippen molar-refractivity contribution in [3.8, 4) is 28.5 Å². The third kappa shape index (κ3) is 3.54. The molecule has 0 amide bonds. The average Bonchev–Trinajstić information content (AvgIpc) is 2.61. The van der Waals surface area contributed by atoms with Gasteiger partial charge in [0.1, 0.15) is 11.6 Å². The van der Waals surface area contributed by atoms with Gasteiger partial charge in [-0.1, -0.05) is 55.8 Å². The summed E-state index contributed by atoms with van der Waals surface area (Å²) >= 11 is 0. The van der Waals surface area contributed by atoms with E-state index in [9.17, 15) is 5.11 Å². The summed E-state index contributed by atoms with van der Waals surface area (Å²) in [7, 11) is 0. The number of para-hydroxylation sites is 1. The third-order valence-electron chi connectivity index (χ3n) is 3.61. The number of phenolic OH excluding ortho intramolecular Hbond substituents is 1. The van der Waals surface area contributed by atoms with E-state index in [1.165, 1.54) is 0 Å². The summed E-state index contributed by atoms with van der Waals surface area (Å²) in [6, 6.07) is 17.0. The molecule has 0 saturated carbocycles. The smallest absolute Gasteiger partial charge is 0.167 e. The van der Waals surface area contributed by atoms with Crippen LogP contribution in [-0.4, -0.2) is 20.1 Å². The molecule has 3 aromatic rings. The van der Waals surface area contributed by atoms with Crippen LogP contribution in [0.15, 0.2) is 54.6 Å². The molecule has 0 atom stereocenters. The predicted molar refractivity (Wildman–Crippen MR) is 91.0 cm³/mol. The van der Waals surface area contributed by atoms with Crippen molar-refractivity contribution in [1.29, 1.82) is 0 Å². The molecule has 0 spiro atoms. The van der Waals surface area contributed by atoms with E-state index in [-0.39, 0.29) is 5.75 Å². The van der Waals surface area contributed by atoms with Gasteiger partial charge < -0.3 is 5.11 Å². The Balaban J connectivity index is 2.10. The Morgan fingerprint density at radius 1 is 0.826 bits per heavy atom. The minimum atomic E-state index is 0.180. The maximum Gasteiger partial charge on any atom is 0.167 e. The van der Waals surface area contributed by atoms with Crippen molar-refractivity contribution in [2.45, 2.75) is 26.2 Å². The molecule has 0 unspecified atom stereocenters. The van der Waals surface area contributed by atoms with Crippen molar-refractivity contribution in [3.05, 3.63) is 60.4 Å². The fourth-order valence-electron chi connectivity index (χ4n) is 2.37. The van der Waals surface area contributed by atoms with Crippen molar-refractivity contribution >= 4 is 0 Å². The zero-order valence-corrected chi connectivity index (χ0v) is 13.1. The van der Waals surface area contributed by atoms with Gasteiger partial charge in [0.2, 0.25) is 0 Å². The molecule has 23 heavy (non-hydrogen) atoms. The summed E-state index contributed by atoms with van der Waals surface area (Å²) in [6.07, 6.45) is 2.91. The first kappa shape index (κ1) is 15.2. The van der Waals surface area contributed by atoms with E-state index < -0.39 is 0 Å². The summed E-state index contributed by atoms with van der Waals surface area (Å²) in [5, 5.41) is 10.1. The highest BCUT2D eigenvalue weighted by Gasteiger charge is 2.12. The molecule has 0 aliphatic carbocycles. The molecule has 3 rings (SSSR count). The number of aryl methyl sites for hydroxylation is 1. The SMILES string of the molecule is CCCCc1nc(-c2ccccc2)nc(-c2ccccc2O)n1. The Morgan fingerprint density at radius 2 is 1.52 bits per heavy atom. The highest BCUT2D eigenvalue weighted by Crippen LogP contribution is 2.27. The van der Waals surface area contributed by atoms with Crippen LogP contribution in [0.25, 0.3) is 22.8 Å². The van der Waals surface area contributed by atoms with E-state index in [1.807, 2.05) is 42.5 Å². The lowest BCUT2D eigenvalue weighted by Gasteiger charge is -2.08. The number of rotatable bonds is 5. The predicted octanol–water partition coefficient (Wildman–Crippen LogP) is 4.25. The number of unbranched alkanes of at least 4 members (excludes halogenated alkanes) is 1. The summed E-state index contributed by atoms with van der Waals surface area (Å²) in [5.74, 6) is 2.10. The fourth-order valence-corrected chi connectivity index (χ4v) is 2.37.